The van der Waals surface area contributed by atoms with Crippen molar-refractivity contribution in [2.75, 3.05) is 0 Å². The number of halogens is 1. The fourth-order valence-corrected chi connectivity index (χ4v) is 4.88. The minimum atomic E-state index is -3.87. The zero-order chi connectivity index (χ0) is 24.3. The van der Waals surface area contributed by atoms with Crippen molar-refractivity contribution in [3.8, 4) is 0 Å². The lowest BCUT2D eigenvalue weighted by Gasteiger charge is -2.10. The maximum Gasteiger partial charge on any atom is 0.253 e. The zero-order valence-electron chi connectivity index (χ0n) is 18.9. The summed E-state index contributed by atoms with van der Waals surface area (Å²) in [7, 11) is -3.87. The van der Waals surface area contributed by atoms with Crippen LogP contribution in [0, 0.1) is 11.7 Å². The number of aryl methyl sites for hydroxylation is 1. The number of nitrogens with zero attached hydrogens (tertiary/aromatic N) is 2. The van der Waals surface area contributed by atoms with Crippen LogP contribution in [0.5, 0.6) is 0 Å². The summed E-state index contributed by atoms with van der Waals surface area (Å²) >= 11 is 0. The highest BCUT2D eigenvalue weighted by Crippen LogP contribution is 2.24. The second-order valence-electron chi connectivity index (χ2n) is 8.59. The highest BCUT2D eigenvalue weighted by Gasteiger charge is 2.19. The average molecular weight is 481 g/mol. The molecule has 0 atom stereocenters. The summed E-state index contributed by atoms with van der Waals surface area (Å²) in [5.74, 6) is -0.440. The van der Waals surface area contributed by atoms with Gasteiger partial charge in [-0.15, -0.1) is 0 Å². The number of benzene rings is 2. The van der Waals surface area contributed by atoms with Gasteiger partial charge in [0.15, 0.2) is 5.65 Å². The van der Waals surface area contributed by atoms with E-state index in [1.165, 1.54) is 24.4 Å². The molecule has 2 N–H and O–H groups in total. The largest absolute Gasteiger partial charge is 0.348 e. The smallest absolute Gasteiger partial charge is 0.253 e. The number of sulfone groups is 1. The second-order valence-corrected chi connectivity index (χ2v) is 10.5. The molecular weight excluding hydrogens is 455 g/mol. The van der Waals surface area contributed by atoms with Crippen LogP contribution >= 0.6 is 0 Å². The molecule has 0 aliphatic carbocycles. The molecule has 176 valence electrons. The fraction of sp³-hybridized carbons (Fsp3) is 0.240. The summed E-state index contributed by atoms with van der Waals surface area (Å²) in [5, 5.41) is 10.1. The summed E-state index contributed by atoms with van der Waals surface area (Å²) in [4.78, 5) is 16.6. The van der Waals surface area contributed by atoms with Crippen LogP contribution in [0.25, 0.3) is 11.0 Å². The van der Waals surface area contributed by atoms with E-state index in [0.29, 0.717) is 29.1 Å². The number of pyridine rings is 1. The first-order chi connectivity index (χ1) is 16.2. The molecule has 0 spiro atoms. The number of carbonyl (C=O) groups excluding carboxylic acids is 1. The number of fused-ring (bicyclic) bond motifs is 1. The Morgan fingerprint density at radius 1 is 1.03 bits per heavy atom. The van der Waals surface area contributed by atoms with Gasteiger partial charge in [-0.1, -0.05) is 26.0 Å². The van der Waals surface area contributed by atoms with Gasteiger partial charge in [0.1, 0.15) is 5.82 Å². The van der Waals surface area contributed by atoms with Gasteiger partial charge < -0.3 is 5.32 Å². The third-order valence-corrected chi connectivity index (χ3v) is 7.24. The molecule has 4 rings (SSSR count). The minimum absolute atomic E-state index is 0.0607. The van der Waals surface area contributed by atoms with E-state index in [0.717, 1.165) is 23.4 Å². The van der Waals surface area contributed by atoms with Crippen molar-refractivity contribution in [1.29, 1.82) is 0 Å². The molecule has 0 aliphatic heterocycles. The SMILES string of the molecule is CC(C)CCc1cc(F)cc(S(=O)(=O)c2ccc(CNC(=O)c3cnc4[nH]ncc4c3)cc2)c1. The normalized spacial score (nSPS) is 11.8. The number of H-pyrrole nitrogens is 1. The van der Waals surface area contributed by atoms with Gasteiger partial charge in [0.25, 0.3) is 5.91 Å². The number of aromatic nitrogens is 3. The van der Waals surface area contributed by atoms with Crippen LogP contribution < -0.4 is 5.32 Å². The number of nitrogens with one attached hydrogen (secondary N) is 2. The first-order valence-corrected chi connectivity index (χ1v) is 12.4. The molecule has 34 heavy (non-hydrogen) atoms. The Hall–Kier alpha value is -3.59. The maximum atomic E-state index is 14.1. The van der Waals surface area contributed by atoms with E-state index in [4.69, 9.17) is 0 Å². The first-order valence-electron chi connectivity index (χ1n) is 10.9. The Morgan fingerprint density at radius 2 is 1.79 bits per heavy atom. The molecule has 7 nitrogen and oxygen atoms in total. The van der Waals surface area contributed by atoms with Crippen molar-refractivity contribution < 1.29 is 17.6 Å². The van der Waals surface area contributed by atoms with E-state index in [2.05, 4.69) is 34.3 Å². The van der Waals surface area contributed by atoms with Gasteiger partial charge in [-0.05, 0) is 66.3 Å². The zero-order valence-corrected chi connectivity index (χ0v) is 19.7. The van der Waals surface area contributed by atoms with Crippen molar-refractivity contribution >= 4 is 26.8 Å². The summed E-state index contributed by atoms with van der Waals surface area (Å²) in [6.07, 6.45) is 4.50. The molecule has 1 amide bonds. The summed E-state index contributed by atoms with van der Waals surface area (Å²) in [6.45, 7) is 4.34. The van der Waals surface area contributed by atoms with Crippen LogP contribution in [-0.2, 0) is 22.8 Å². The van der Waals surface area contributed by atoms with Crippen molar-refractivity contribution in [1.82, 2.24) is 20.5 Å². The molecule has 0 radical (unpaired) electrons. The molecule has 0 unspecified atom stereocenters. The predicted molar refractivity (Wildman–Crippen MR) is 127 cm³/mol. The van der Waals surface area contributed by atoms with Gasteiger partial charge in [0.2, 0.25) is 9.84 Å². The number of hydrogen-bond donors (Lipinski definition) is 2. The molecule has 9 heteroatoms. The van der Waals surface area contributed by atoms with Crippen LogP contribution in [-0.4, -0.2) is 29.5 Å². The lowest BCUT2D eigenvalue weighted by molar-refractivity contribution is 0.0950. The highest BCUT2D eigenvalue weighted by atomic mass is 32.2. The molecule has 2 heterocycles. The van der Waals surface area contributed by atoms with E-state index in [-0.39, 0.29) is 22.2 Å². The van der Waals surface area contributed by atoms with E-state index < -0.39 is 15.7 Å². The van der Waals surface area contributed by atoms with E-state index in [1.807, 2.05) is 0 Å². The topological polar surface area (TPSA) is 105 Å². The van der Waals surface area contributed by atoms with Crippen LogP contribution in [0.1, 0.15) is 41.8 Å². The predicted octanol–water partition coefficient (Wildman–Crippen LogP) is 4.45. The molecule has 0 saturated carbocycles. The molecule has 0 fully saturated rings. The summed E-state index contributed by atoms with van der Waals surface area (Å²) in [6, 6.07) is 11.8. The van der Waals surface area contributed by atoms with Crippen molar-refractivity contribution in [2.24, 2.45) is 5.92 Å². The van der Waals surface area contributed by atoms with Crippen molar-refractivity contribution in [3.05, 3.63) is 83.4 Å². The Kier molecular flexibility index (Phi) is 6.74. The number of rotatable bonds is 8. The Morgan fingerprint density at radius 3 is 2.53 bits per heavy atom. The van der Waals surface area contributed by atoms with Crippen LogP contribution in [0.4, 0.5) is 4.39 Å². The molecule has 2 aromatic carbocycles. The molecule has 2 aromatic heterocycles. The van der Waals surface area contributed by atoms with E-state index in [9.17, 15) is 17.6 Å². The minimum Gasteiger partial charge on any atom is -0.348 e. The summed E-state index contributed by atoms with van der Waals surface area (Å²) in [5.41, 5.74) is 2.38. The van der Waals surface area contributed by atoms with Crippen molar-refractivity contribution in [2.45, 2.75) is 43.0 Å². The lowest BCUT2D eigenvalue weighted by atomic mass is 10.0. The summed E-state index contributed by atoms with van der Waals surface area (Å²) < 4.78 is 40.3. The Labute approximate surface area is 197 Å². The Balaban J connectivity index is 1.45. The van der Waals surface area contributed by atoms with Crippen molar-refractivity contribution in [3.63, 3.8) is 0 Å². The third kappa shape index (κ3) is 5.31. The second kappa shape index (κ2) is 9.72. The van der Waals surface area contributed by atoms with Crippen LogP contribution in [0.2, 0.25) is 0 Å². The molecule has 0 saturated heterocycles. The standard InChI is InChI=1S/C25H25FN4O3S/c1-16(2)3-4-18-9-21(26)12-23(10-18)34(32,33)22-7-5-17(6-8-22)13-28-25(31)20-11-19-15-29-30-24(19)27-14-20/h5-12,14-16H,3-4,13H2,1-2H3,(H,28,31)(H,27,29,30). The van der Waals surface area contributed by atoms with E-state index in [1.54, 1.807) is 30.5 Å². The lowest BCUT2D eigenvalue weighted by Crippen LogP contribution is -2.22. The quantitative estimate of drug-likeness (QED) is 0.388. The van der Waals surface area contributed by atoms with Gasteiger partial charge in [0, 0.05) is 18.1 Å². The number of carbonyl (C=O) groups is 1. The van der Waals surface area contributed by atoms with Gasteiger partial charge in [-0.3, -0.25) is 9.89 Å². The van der Waals surface area contributed by atoms with Gasteiger partial charge in [-0.2, -0.15) is 5.10 Å². The monoisotopic (exact) mass is 480 g/mol. The average Bonchev–Trinajstić information content (AvgIpc) is 3.29. The number of amides is 1. The fourth-order valence-electron chi connectivity index (χ4n) is 3.54. The Bertz CT molecular complexity index is 1430. The van der Waals surface area contributed by atoms with Crippen LogP contribution in [0.15, 0.2) is 70.7 Å². The number of hydrogen-bond acceptors (Lipinski definition) is 5. The molecule has 0 bridgehead atoms. The van der Waals surface area contributed by atoms with Gasteiger partial charge >= 0.3 is 0 Å². The van der Waals surface area contributed by atoms with Crippen LogP contribution in [0.3, 0.4) is 0 Å². The van der Waals surface area contributed by atoms with E-state index >= 15 is 0 Å². The maximum absolute atomic E-state index is 14.1. The first kappa shape index (κ1) is 23.6. The van der Waals surface area contributed by atoms with Gasteiger partial charge in [-0.25, -0.2) is 17.8 Å². The highest BCUT2D eigenvalue weighted by molar-refractivity contribution is 7.91. The number of aromatic amines is 1. The molecular formula is C25H25FN4O3S. The molecule has 4 aromatic rings. The van der Waals surface area contributed by atoms with Gasteiger partial charge in [0.05, 0.1) is 21.6 Å². The third-order valence-electron chi connectivity index (χ3n) is 5.49. The molecule has 0 aliphatic rings.